The summed E-state index contributed by atoms with van der Waals surface area (Å²) in [5.74, 6) is 5.30. The standard InChI is InChI=1S/C13H11ClN4O2S/c14-10-6-5-9(8-15)7-12(10)18-21(19,20)13-4-2-1-3-11(13)17-16/h1-7,17-18H,16H2. The molecule has 4 N–H and O–H groups in total. The molecule has 0 fully saturated rings. The van der Waals surface area contributed by atoms with Crippen molar-refractivity contribution in [2.24, 2.45) is 5.84 Å². The molecule has 2 rings (SSSR count). The molecule has 0 aliphatic carbocycles. The number of rotatable bonds is 4. The highest BCUT2D eigenvalue weighted by atomic mass is 35.5. The van der Waals surface area contributed by atoms with Gasteiger partial charge < -0.3 is 5.43 Å². The van der Waals surface area contributed by atoms with Gasteiger partial charge in [-0.25, -0.2) is 8.42 Å². The summed E-state index contributed by atoms with van der Waals surface area (Å²) < 4.78 is 27.1. The van der Waals surface area contributed by atoms with Gasteiger partial charge in [0.05, 0.1) is 28.0 Å². The Bertz CT molecular complexity index is 815. The molecule has 8 heteroatoms. The number of nitrogen functional groups attached to an aromatic ring is 1. The zero-order chi connectivity index (χ0) is 15.5. The monoisotopic (exact) mass is 322 g/mol. The molecule has 0 heterocycles. The maximum Gasteiger partial charge on any atom is 0.264 e. The van der Waals surface area contributed by atoms with Gasteiger partial charge in [-0.15, -0.1) is 0 Å². The Morgan fingerprint density at radius 1 is 1.14 bits per heavy atom. The number of hydrogen-bond donors (Lipinski definition) is 3. The van der Waals surface area contributed by atoms with Crippen LogP contribution in [0.25, 0.3) is 0 Å². The second-order valence-corrected chi connectivity index (χ2v) is 6.11. The van der Waals surface area contributed by atoms with Crippen molar-refractivity contribution < 1.29 is 8.42 Å². The SMILES string of the molecule is N#Cc1ccc(Cl)c(NS(=O)(=O)c2ccccc2NN)c1. The van der Waals surface area contributed by atoms with E-state index in [9.17, 15) is 8.42 Å². The Kier molecular flexibility index (Phi) is 4.33. The van der Waals surface area contributed by atoms with Crippen LogP contribution in [-0.4, -0.2) is 8.42 Å². The summed E-state index contributed by atoms with van der Waals surface area (Å²) >= 11 is 5.94. The average molecular weight is 323 g/mol. The van der Waals surface area contributed by atoms with Crippen molar-refractivity contribution in [1.82, 2.24) is 0 Å². The molecule has 0 spiro atoms. The first kappa shape index (κ1) is 15.1. The van der Waals surface area contributed by atoms with Crippen molar-refractivity contribution in [3.63, 3.8) is 0 Å². The lowest BCUT2D eigenvalue weighted by Crippen LogP contribution is -2.17. The van der Waals surface area contributed by atoms with Crippen LogP contribution in [0.4, 0.5) is 11.4 Å². The van der Waals surface area contributed by atoms with Gasteiger partial charge in [-0.2, -0.15) is 5.26 Å². The maximum absolute atomic E-state index is 12.4. The fourth-order valence-electron chi connectivity index (χ4n) is 1.69. The number of nitrogens with zero attached hydrogens (tertiary/aromatic N) is 1. The van der Waals surface area contributed by atoms with Crippen molar-refractivity contribution in [2.45, 2.75) is 4.90 Å². The Balaban J connectivity index is 2.45. The molecule has 0 radical (unpaired) electrons. The van der Waals surface area contributed by atoms with E-state index in [0.29, 0.717) is 5.56 Å². The average Bonchev–Trinajstić information content (AvgIpc) is 2.49. The molecule has 0 aromatic heterocycles. The summed E-state index contributed by atoms with van der Waals surface area (Å²) in [7, 11) is -3.89. The van der Waals surface area contributed by atoms with Gasteiger partial charge in [-0.1, -0.05) is 23.7 Å². The number of hydrogen-bond acceptors (Lipinski definition) is 5. The van der Waals surface area contributed by atoms with E-state index in [1.165, 1.54) is 30.3 Å². The summed E-state index contributed by atoms with van der Waals surface area (Å²) in [6.45, 7) is 0. The molecular weight excluding hydrogens is 312 g/mol. The van der Waals surface area contributed by atoms with E-state index < -0.39 is 10.0 Å². The summed E-state index contributed by atoms with van der Waals surface area (Å²) in [5, 5.41) is 9.04. The molecule has 0 amide bonds. The van der Waals surface area contributed by atoms with E-state index in [1.54, 1.807) is 12.1 Å². The summed E-state index contributed by atoms with van der Waals surface area (Å²) in [4.78, 5) is -0.0223. The van der Waals surface area contributed by atoms with E-state index in [-0.39, 0.29) is 21.3 Å². The number of anilines is 2. The van der Waals surface area contributed by atoms with Crippen LogP contribution in [0.5, 0.6) is 0 Å². The van der Waals surface area contributed by atoms with Gasteiger partial charge in [0.25, 0.3) is 10.0 Å². The van der Waals surface area contributed by atoms with E-state index in [4.69, 9.17) is 22.7 Å². The van der Waals surface area contributed by atoms with Gasteiger partial charge in [0, 0.05) is 0 Å². The van der Waals surface area contributed by atoms with E-state index in [2.05, 4.69) is 10.1 Å². The molecule has 0 unspecified atom stereocenters. The number of nitrogens with two attached hydrogens (primary N) is 1. The number of nitriles is 1. The molecule has 0 saturated carbocycles. The lowest BCUT2D eigenvalue weighted by Gasteiger charge is -2.12. The molecule has 108 valence electrons. The Morgan fingerprint density at radius 3 is 2.52 bits per heavy atom. The molecule has 0 aliphatic rings. The van der Waals surface area contributed by atoms with Crippen LogP contribution < -0.4 is 16.0 Å². The van der Waals surface area contributed by atoms with Crippen LogP contribution in [0.15, 0.2) is 47.4 Å². The second kappa shape index (κ2) is 6.01. The molecule has 0 saturated heterocycles. The fourth-order valence-corrected chi connectivity index (χ4v) is 3.16. The summed E-state index contributed by atoms with van der Waals surface area (Å²) in [6.07, 6.45) is 0. The summed E-state index contributed by atoms with van der Waals surface area (Å²) in [5.41, 5.74) is 2.99. The molecule has 6 nitrogen and oxygen atoms in total. The lowest BCUT2D eigenvalue weighted by atomic mass is 10.2. The topological polar surface area (TPSA) is 108 Å². The number of nitrogens with one attached hydrogen (secondary N) is 2. The number of para-hydroxylation sites is 1. The summed E-state index contributed by atoms with van der Waals surface area (Å²) in [6, 6.07) is 12.4. The van der Waals surface area contributed by atoms with Crippen LogP contribution in [-0.2, 0) is 10.0 Å². The predicted octanol–water partition coefficient (Wildman–Crippen LogP) is 2.30. The number of halogens is 1. The van der Waals surface area contributed by atoms with E-state index >= 15 is 0 Å². The van der Waals surface area contributed by atoms with Gasteiger partial charge in [0.1, 0.15) is 4.90 Å². The van der Waals surface area contributed by atoms with E-state index in [1.807, 2.05) is 6.07 Å². The third kappa shape index (κ3) is 3.25. The van der Waals surface area contributed by atoms with Gasteiger partial charge >= 0.3 is 0 Å². The van der Waals surface area contributed by atoms with Gasteiger partial charge in [-0.05, 0) is 30.3 Å². The fraction of sp³-hybridized carbons (Fsp3) is 0. The first-order valence-corrected chi connectivity index (χ1v) is 7.62. The maximum atomic E-state index is 12.4. The Morgan fingerprint density at radius 2 is 1.86 bits per heavy atom. The van der Waals surface area contributed by atoms with Gasteiger partial charge in [0.2, 0.25) is 0 Å². The third-order valence-electron chi connectivity index (χ3n) is 2.67. The van der Waals surface area contributed by atoms with Crippen LogP contribution in [0, 0.1) is 11.3 Å². The smallest absolute Gasteiger partial charge is 0.264 e. The highest BCUT2D eigenvalue weighted by Crippen LogP contribution is 2.27. The van der Waals surface area contributed by atoms with Crippen LogP contribution in [0.1, 0.15) is 5.56 Å². The van der Waals surface area contributed by atoms with Crippen molar-refractivity contribution in [2.75, 3.05) is 10.1 Å². The Labute approximate surface area is 127 Å². The largest absolute Gasteiger partial charge is 0.323 e. The molecule has 2 aromatic carbocycles. The first-order valence-electron chi connectivity index (χ1n) is 5.76. The van der Waals surface area contributed by atoms with Crippen LogP contribution in [0.2, 0.25) is 5.02 Å². The lowest BCUT2D eigenvalue weighted by molar-refractivity contribution is 0.601. The highest BCUT2D eigenvalue weighted by Gasteiger charge is 2.19. The minimum atomic E-state index is -3.89. The van der Waals surface area contributed by atoms with Crippen molar-refractivity contribution in [1.29, 1.82) is 5.26 Å². The van der Waals surface area contributed by atoms with E-state index in [0.717, 1.165) is 0 Å². The molecule has 21 heavy (non-hydrogen) atoms. The van der Waals surface area contributed by atoms with Crippen molar-refractivity contribution in [3.05, 3.63) is 53.1 Å². The second-order valence-electron chi connectivity index (χ2n) is 4.05. The van der Waals surface area contributed by atoms with Gasteiger partial charge in [0.15, 0.2) is 0 Å². The third-order valence-corrected chi connectivity index (χ3v) is 4.43. The number of sulfonamides is 1. The Hall–Kier alpha value is -2.27. The number of benzene rings is 2. The zero-order valence-electron chi connectivity index (χ0n) is 10.7. The molecular formula is C13H11ClN4O2S. The van der Waals surface area contributed by atoms with Crippen LogP contribution >= 0.6 is 11.6 Å². The molecule has 0 aliphatic heterocycles. The first-order chi connectivity index (χ1) is 9.97. The minimum Gasteiger partial charge on any atom is -0.323 e. The minimum absolute atomic E-state index is 0.0223. The van der Waals surface area contributed by atoms with Crippen LogP contribution in [0.3, 0.4) is 0 Å². The molecule has 0 bridgehead atoms. The molecule has 2 aromatic rings. The molecule has 0 atom stereocenters. The van der Waals surface area contributed by atoms with Gasteiger partial charge in [-0.3, -0.25) is 10.6 Å². The van der Waals surface area contributed by atoms with Crippen molar-refractivity contribution in [3.8, 4) is 6.07 Å². The quantitative estimate of drug-likeness (QED) is 0.591. The normalized spacial score (nSPS) is 10.7. The van der Waals surface area contributed by atoms with Crippen molar-refractivity contribution >= 4 is 33.0 Å². The highest BCUT2D eigenvalue weighted by molar-refractivity contribution is 7.92. The predicted molar refractivity (Wildman–Crippen MR) is 81.2 cm³/mol. The number of hydrazine groups is 1. The zero-order valence-corrected chi connectivity index (χ0v) is 12.2.